The Kier molecular flexibility index (Phi) is 4.68. The van der Waals surface area contributed by atoms with Crippen molar-refractivity contribution in [3.63, 3.8) is 0 Å². The van der Waals surface area contributed by atoms with E-state index in [1.54, 1.807) is 42.5 Å². The summed E-state index contributed by atoms with van der Waals surface area (Å²) in [6.45, 7) is 0.478. The van der Waals surface area contributed by atoms with E-state index in [-0.39, 0.29) is 10.6 Å². The van der Waals surface area contributed by atoms with Crippen molar-refractivity contribution in [3.05, 3.63) is 95.8 Å². The van der Waals surface area contributed by atoms with Gasteiger partial charge >= 0.3 is 0 Å². The molecule has 0 bridgehead atoms. The van der Waals surface area contributed by atoms with Gasteiger partial charge in [-0.15, -0.1) is 0 Å². The summed E-state index contributed by atoms with van der Waals surface area (Å²) in [6.07, 6.45) is 0. The molecule has 0 aliphatic carbocycles. The summed E-state index contributed by atoms with van der Waals surface area (Å²) in [5.74, 6) is 0.316. The van der Waals surface area contributed by atoms with Crippen LogP contribution in [0.1, 0.15) is 17.0 Å². The van der Waals surface area contributed by atoms with Crippen LogP contribution in [-0.4, -0.2) is 18.0 Å². The van der Waals surface area contributed by atoms with Gasteiger partial charge in [0, 0.05) is 6.54 Å². The zero-order valence-electron chi connectivity index (χ0n) is 15.0. The lowest BCUT2D eigenvalue weighted by Crippen LogP contribution is -2.12. The molecule has 0 spiro atoms. The van der Waals surface area contributed by atoms with Crippen LogP contribution in [0.15, 0.2) is 83.8 Å². The summed E-state index contributed by atoms with van der Waals surface area (Å²) < 4.78 is 27.7. The number of imidazole rings is 1. The van der Waals surface area contributed by atoms with Gasteiger partial charge < -0.3 is 4.57 Å². The second kappa shape index (κ2) is 7.29. The Labute approximate surface area is 163 Å². The quantitative estimate of drug-likeness (QED) is 0.520. The average Bonchev–Trinajstić information content (AvgIpc) is 3.06. The van der Waals surface area contributed by atoms with Crippen molar-refractivity contribution in [2.24, 2.45) is 0 Å². The van der Waals surface area contributed by atoms with Gasteiger partial charge in [-0.3, -0.25) is 0 Å². The van der Waals surface area contributed by atoms with Crippen molar-refractivity contribution in [2.45, 2.75) is 17.2 Å². The predicted octanol–water partition coefficient (Wildman–Crippen LogP) is 3.93. The third-order valence-corrected chi connectivity index (χ3v) is 6.21. The van der Waals surface area contributed by atoms with Crippen molar-refractivity contribution in [3.8, 4) is 6.07 Å². The van der Waals surface area contributed by atoms with Crippen LogP contribution in [0.5, 0.6) is 0 Å². The maximum atomic E-state index is 12.9. The maximum Gasteiger partial charge on any atom is 0.185 e. The van der Waals surface area contributed by atoms with E-state index >= 15 is 0 Å². The first-order valence-corrected chi connectivity index (χ1v) is 10.4. The molecule has 0 atom stereocenters. The molecule has 6 heteroatoms. The number of aromatic nitrogens is 2. The summed E-state index contributed by atoms with van der Waals surface area (Å²) >= 11 is 0. The highest BCUT2D eigenvalue weighted by Gasteiger charge is 2.20. The van der Waals surface area contributed by atoms with Gasteiger partial charge in [0.1, 0.15) is 11.6 Å². The van der Waals surface area contributed by atoms with Crippen LogP contribution in [0.2, 0.25) is 0 Å². The molecule has 28 heavy (non-hydrogen) atoms. The number of benzene rings is 3. The molecule has 0 aliphatic rings. The van der Waals surface area contributed by atoms with Crippen LogP contribution in [0.3, 0.4) is 0 Å². The molecule has 4 rings (SSSR count). The van der Waals surface area contributed by atoms with Gasteiger partial charge in [-0.1, -0.05) is 42.5 Å². The number of sulfone groups is 1. The Balaban J connectivity index is 1.76. The van der Waals surface area contributed by atoms with Crippen molar-refractivity contribution < 1.29 is 8.42 Å². The van der Waals surface area contributed by atoms with Gasteiger partial charge in [-0.25, -0.2) is 13.4 Å². The molecule has 4 aromatic rings. The SMILES string of the molecule is N#Cc1ccc(Cn2c(CS(=O)(=O)c3ccccc3)nc3ccccc32)cc1. The molecule has 0 radical (unpaired) electrons. The first-order chi connectivity index (χ1) is 13.6. The molecular weight excluding hydrogens is 370 g/mol. The first-order valence-electron chi connectivity index (χ1n) is 8.78. The third kappa shape index (κ3) is 3.53. The molecular formula is C22H17N3O2S. The highest BCUT2D eigenvalue weighted by molar-refractivity contribution is 7.90. The summed E-state index contributed by atoms with van der Waals surface area (Å²) in [5.41, 5.74) is 3.20. The Bertz CT molecular complexity index is 1270. The smallest absolute Gasteiger partial charge is 0.185 e. The minimum Gasteiger partial charge on any atom is -0.323 e. The Morgan fingerprint density at radius 3 is 2.29 bits per heavy atom. The minimum atomic E-state index is -3.51. The van der Waals surface area contributed by atoms with Crippen molar-refractivity contribution in [1.29, 1.82) is 5.26 Å². The highest BCUT2D eigenvalue weighted by atomic mass is 32.2. The molecule has 3 aromatic carbocycles. The van der Waals surface area contributed by atoms with E-state index in [2.05, 4.69) is 11.1 Å². The molecule has 0 amide bonds. The number of rotatable bonds is 5. The van der Waals surface area contributed by atoms with E-state index in [0.717, 1.165) is 16.6 Å². The molecule has 1 heterocycles. The summed E-state index contributed by atoms with van der Waals surface area (Å²) in [5, 5.41) is 8.97. The van der Waals surface area contributed by atoms with Gasteiger partial charge in [-0.2, -0.15) is 5.26 Å². The number of fused-ring (bicyclic) bond motifs is 1. The largest absolute Gasteiger partial charge is 0.323 e. The second-order valence-corrected chi connectivity index (χ2v) is 8.47. The summed E-state index contributed by atoms with van der Waals surface area (Å²) in [7, 11) is -3.51. The van der Waals surface area contributed by atoms with Gasteiger partial charge in [0.05, 0.1) is 27.6 Å². The molecule has 1 aromatic heterocycles. The van der Waals surface area contributed by atoms with Crippen LogP contribution in [0, 0.1) is 11.3 Å². The van der Waals surface area contributed by atoms with Crippen molar-refractivity contribution >= 4 is 20.9 Å². The average molecular weight is 387 g/mol. The van der Waals surface area contributed by atoms with Gasteiger partial charge in [0.15, 0.2) is 9.84 Å². The lowest BCUT2D eigenvalue weighted by molar-refractivity contribution is 0.592. The standard InChI is InChI=1S/C22H17N3O2S/c23-14-17-10-12-18(13-11-17)15-25-21-9-5-4-8-20(21)24-22(25)16-28(26,27)19-6-2-1-3-7-19/h1-13H,15-16H2. The fourth-order valence-corrected chi connectivity index (χ4v) is 4.46. The topological polar surface area (TPSA) is 75.8 Å². The molecule has 0 unspecified atom stereocenters. The fraction of sp³-hybridized carbons (Fsp3) is 0.0909. The van der Waals surface area contributed by atoms with E-state index in [1.807, 2.05) is 41.0 Å². The second-order valence-electron chi connectivity index (χ2n) is 6.48. The van der Waals surface area contributed by atoms with Crippen molar-refractivity contribution in [2.75, 3.05) is 0 Å². The van der Waals surface area contributed by atoms with E-state index in [4.69, 9.17) is 5.26 Å². The van der Waals surface area contributed by atoms with Gasteiger partial charge in [0.25, 0.3) is 0 Å². The monoisotopic (exact) mass is 387 g/mol. The van der Waals surface area contributed by atoms with Gasteiger partial charge in [0.2, 0.25) is 0 Å². The van der Waals surface area contributed by atoms with Crippen LogP contribution < -0.4 is 0 Å². The van der Waals surface area contributed by atoms with E-state index < -0.39 is 9.84 Å². The molecule has 0 saturated heterocycles. The van der Waals surface area contributed by atoms with Gasteiger partial charge in [-0.05, 0) is 42.0 Å². The maximum absolute atomic E-state index is 12.9. The Morgan fingerprint density at radius 2 is 1.57 bits per heavy atom. The van der Waals surface area contributed by atoms with E-state index in [1.165, 1.54) is 0 Å². The lowest BCUT2D eigenvalue weighted by Gasteiger charge is -2.10. The Hall–Kier alpha value is -3.43. The summed E-state index contributed by atoms with van der Waals surface area (Å²) in [4.78, 5) is 4.87. The molecule has 0 N–H and O–H groups in total. The zero-order valence-corrected chi connectivity index (χ0v) is 15.8. The van der Waals surface area contributed by atoms with Crippen LogP contribution in [-0.2, 0) is 22.1 Å². The van der Waals surface area contributed by atoms with E-state index in [0.29, 0.717) is 17.9 Å². The first kappa shape index (κ1) is 18.0. The third-order valence-electron chi connectivity index (χ3n) is 4.58. The highest BCUT2D eigenvalue weighted by Crippen LogP contribution is 2.22. The number of hydrogen-bond acceptors (Lipinski definition) is 4. The summed E-state index contributed by atoms with van der Waals surface area (Å²) in [6, 6.07) is 25.4. The number of nitrogens with zero attached hydrogens (tertiary/aromatic N) is 3. The minimum absolute atomic E-state index is 0.179. The van der Waals surface area contributed by atoms with Crippen LogP contribution in [0.4, 0.5) is 0 Å². The molecule has 0 aliphatic heterocycles. The normalized spacial score (nSPS) is 11.4. The van der Waals surface area contributed by atoms with Crippen molar-refractivity contribution in [1.82, 2.24) is 9.55 Å². The number of para-hydroxylation sites is 2. The predicted molar refractivity (Wildman–Crippen MR) is 107 cm³/mol. The lowest BCUT2D eigenvalue weighted by atomic mass is 10.1. The molecule has 0 fully saturated rings. The number of nitriles is 1. The molecule has 138 valence electrons. The molecule has 5 nitrogen and oxygen atoms in total. The van der Waals surface area contributed by atoms with Crippen LogP contribution in [0.25, 0.3) is 11.0 Å². The van der Waals surface area contributed by atoms with E-state index in [9.17, 15) is 8.42 Å². The number of hydrogen-bond donors (Lipinski definition) is 0. The Morgan fingerprint density at radius 1 is 0.893 bits per heavy atom. The zero-order chi connectivity index (χ0) is 19.6. The van der Waals surface area contributed by atoms with Crippen LogP contribution >= 0.6 is 0 Å². The fourth-order valence-electron chi connectivity index (χ4n) is 3.16. The molecule has 0 saturated carbocycles.